The zero-order valence-corrected chi connectivity index (χ0v) is 20.9. The standard InChI is InChI=1S/C28H31N7O2/c36-27-23-12-7-6-11-22(23)26(31-35(27)19-21-9-3-1-4-10-21)28(37)33-17-15-32(16-18-33)20-25-30-29-24-13-5-2-8-14-34(24)25/h1,3-4,6-7,9-12H,2,5,8,13-20H2. The molecule has 1 amide bonds. The topological polar surface area (TPSA) is 89.2 Å². The molecule has 0 unspecified atom stereocenters. The van der Waals surface area contributed by atoms with Crippen molar-refractivity contribution in [2.45, 2.75) is 45.3 Å². The third kappa shape index (κ3) is 4.79. The fourth-order valence-corrected chi connectivity index (χ4v) is 5.38. The molecule has 2 aliphatic rings. The quantitative estimate of drug-likeness (QED) is 0.421. The lowest BCUT2D eigenvalue weighted by Crippen LogP contribution is -2.49. The molecule has 37 heavy (non-hydrogen) atoms. The summed E-state index contributed by atoms with van der Waals surface area (Å²) in [6.07, 6.45) is 4.60. The summed E-state index contributed by atoms with van der Waals surface area (Å²) in [6.45, 7) is 4.79. The van der Waals surface area contributed by atoms with Gasteiger partial charge in [0, 0.05) is 44.5 Å². The van der Waals surface area contributed by atoms with Crippen molar-refractivity contribution >= 4 is 16.7 Å². The van der Waals surface area contributed by atoms with Gasteiger partial charge >= 0.3 is 0 Å². The SMILES string of the molecule is O=C(c1nn(Cc2ccccc2)c(=O)c2ccccc12)N1CCN(Cc2nnc3n2CCCCC3)CC1. The molecule has 4 aromatic rings. The Labute approximate surface area is 215 Å². The number of carbonyl (C=O) groups is 1. The number of amides is 1. The van der Waals surface area contributed by atoms with Crippen molar-refractivity contribution in [3.63, 3.8) is 0 Å². The molecule has 2 aliphatic heterocycles. The van der Waals surface area contributed by atoms with Gasteiger partial charge in [0.05, 0.1) is 18.5 Å². The molecule has 0 radical (unpaired) electrons. The number of aromatic nitrogens is 5. The van der Waals surface area contributed by atoms with Crippen molar-refractivity contribution < 1.29 is 4.79 Å². The minimum Gasteiger partial charge on any atom is -0.335 e. The van der Waals surface area contributed by atoms with E-state index in [1.165, 1.54) is 23.9 Å². The minimum atomic E-state index is -0.187. The zero-order valence-electron chi connectivity index (χ0n) is 20.9. The van der Waals surface area contributed by atoms with Crippen LogP contribution in [0.25, 0.3) is 10.8 Å². The van der Waals surface area contributed by atoms with Gasteiger partial charge in [0.25, 0.3) is 11.5 Å². The van der Waals surface area contributed by atoms with E-state index in [1.54, 1.807) is 6.07 Å². The summed E-state index contributed by atoms with van der Waals surface area (Å²) in [5.41, 5.74) is 1.11. The molecule has 2 aromatic carbocycles. The van der Waals surface area contributed by atoms with Crippen molar-refractivity contribution in [3.05, 3.63) is 87.9 Å². The molecule has 1 saturated heterocycles. The molecule has 9 nitrogen and oxygen atoms in total. The number of carbonyl (C=O) groups excluding carboxylic acids is 1. The van der Waals surface area contributed by atoms with E-state index in [4.69, 9.17) is 0 Å². The minimum absolute atomic E-state index is 0.131. The second kappa shape index (κ2) is 10.3. The second-order valence-corrected chi connectivity index (χ2v) is 9.91. The van der Waals surface area contributed by atoms with Gasteiger partial charge in [-0.25, -0.2) is 4.68 Å². The summed E-state index contributed by atoms with van der Waals surface area (Å²) in [4.78, 5) is 31.0. The van der Waals surface area contributed by atoms with Gasteiger partial charge in [-0.2, -0.15) is 5.10 Å². The highest BCUT2D eigenvalue weighted by Gasteiger charge is 2.27. The van der Waals surface area contributed by atoms with Crippen molar-refractivity contribution in [1.29, 1.82) is 0 Å². The van der Waals surface area contributed by atoms with Crippen LogP contribution in [-0.2, 0) is 26.1 Å². The average Bonchev–Trinajstić information content (AvgIpc) is 3.15. The number of hydrogen-bond acceptors (Lipinski definition) is 6. The Bertz CT molecular complexity index is 1470. The molecule has 4 heterocycles. The molecule has 1 fully saturated rings. The normalized spacial score (nSPS) is 16.5. The first-order valence-corrected chi connectivity index (χ1v) is 13.1. The molecular weight excluding hydrogens is 466 g/mol. The van der Waals surface area contributed by atoms with E-state index >= 15 is 0 Å². The molecule has 0 spiro atoms. The Morgan fingerprint density at radius 1 is 0.784 bits per heavy atom. The lowest BCUT2D eigenvalue weighted by atomic mass is 10.1. The Morgan fingerprint density at radius 2 is 1.54 bits per heavy atom. The lowest BCUT2D eigenvalue weighted by molar-refractivity contribution is 0.0617. The summed E-state index contributed by atoms with van der Waals surface area (Å²) in [5, 5.41) is 14.6. The highest BCUT2D eigenvalue weighted by molar-refractivity contribution is 6.04. The number of fused-ring (bicyclic) bond motifs is 2. The van der Waals surface area contributed by atoms with E-state index < -0.39 is 0 Å². The fourth-order valence-electron chi connectivity index (χ4n) is 5.38. The zero-order chi connectivity index (χ0) is 25.2. The largest absolute Gasteiger partial charge is 0.335 e. The summed E-state index contributed by atoms with van der Waals surface area (Å²) in [5.74, 6) is 2.00. The van der Waals surface area contributed by atoms with Gasteiger partial charge in [0.15, 0.2) is 5.69 Å². The molecule has 0 N–H and O–H groups in total. The van der Waals surface area contributed by atoms with Gasteiger partial charge in [-0.1, -0.05) is 55.0 Å². The predicted octanol–water partition coefficient (Wildman–Crippen LogP) is 2.72. The van der Waals surface area contributed by atoms with E-state index in [1.807, 2.05) is 53.4 Å². The number of rotatable bonds is 5. The van der Waals surface area contributed by atoms with E-state index in [0.29, 0.717) is 36.1 Å². The third-order valence-corrected chi connectivity index (χ3v) is 7.46. The van der Waals surface area contributed by atoms with Crippen molar-refractivity contribution in [2.75, 3.05) is 26.2 Å². The average molecular weight is 498 g/mol. The molecule has 190 valence electrons. The van der Waals surface area contributed by atoms with Crippen molar-refractivity contribution in [3.8, 4) is 0 Å². The number of hydrogen-bond donors (Lipinski definition) is 0. The first-order valence-electron chi connectivity index (χ1n) is 13.1. The fraction of sp³-hybridized carbons (Fsp3) is 0.393. The van der Waals surface area contributed by atoms with Crippen LogP contribution in [0, 0.1) is 0 Å². The van der Waals surface area contributed by atoms with Crippen LogP contribution >= 0.6 is 0 Å². The van der Waals surface area contributed by atoms with E-state index in [-0.39, 0.29) is 11.5 Å². The highest BCUT2D eigenvalue weighted by Crippen LogP contribution is 2.19. The molecule has 6 rings (SSSR count). The van der Waals surface area contributed by atoms with Gasteiger partial charge in [-0.3, -0.25) is 14.5 Å². The van der Waals surface area contributed by atoms with Crippen molar-refractivity contribution in [2.24, 2.45) is 0 Å². The van der Waals surface area contributed by atoms with Gasteiger partial charge in [-0.15, -0.1) is 10.2 Å². The van der Waals surface area contributed by atoms with Gasteiger partial charge < -0.3 is 9.47 Å². The predicted molar refractivity (Wildman–Crippen MR) is 140 cm³/mol. The number of benzene rings is 2. The highest BCUT2D eigenvalue weighted by atomic mass is 16.2. The van der Waals surface area contributed by atoms with Crippen LogP contribution in [0.1, 0.15) is 47.0 Å². The number of nitrogens with zero attached hydrogens (tertiary/aromatic N) is 7. The maximum absolute atomic E-state index is 13.7. The Balaban J connectivity index is 1.20. The maximum atomic E-state index is 13.7. The monoisotopic (exact) mass is 497 g/mol. The van der Waals surface area contributed by atoms with Gasteiger partial charge in [-0.05, 0) is 24.5 Å². The molecule has 0 saturated carbocycles. The smallest absolute Gasteiger partial charge is 0.275 e. The van der Waals surface area contributed by atoms with E-state index in [0.717, 1.165) is 49.8 Å². The van der Waals surface area contributed by atoms with Crippen LogP contribution in [0.5, 0.6) is 0 Å². The molecule has 0 aliphatic carbocycles. The number of aryl methyl sites for hydroxylation is 1. The van der Waals surface area contributed by atoms with E-state index in [9.17, 15) is 9.59 Å². The van der Waals surface area contributed by atoms with E-state index in [2.05, 4.69) is 24.8 Å². The second-order valence-electron chi connectivity index (χ2n) is 9.91. The lowest BCUT2D eigenvalue weighted by Gasteiger charge is -2.34. The third-order valence-electron chi connectivity index (χ3n) is 7.46. The van der Waals surface area contributed by atoms with Gasteiger partial charge in [0.1, 0.15) is 11.6 Å². The molecule has 0 atom stereocenters. The number of piperazine rings is 1. The van der Waals surface area contributed by atoms with Crippen LogP contribution in [0.3, 0.4) is 0 Å². The van der Waals surface area contributed by atoms with Crippen LogP contribution in [0.4, 0.5) is 0 Å². The van der Waals surface area contributed by atoms with Crippen LogP contribution in [-0.4, -0.2) is 66.4 Å². The Hall–Kier alpha value is -3.85. The maximum Gasteiger partial charge on any atom is 0.275 e. The molecule has 2 aromatic heterocycles. The Kier molecular flexibility index (Phi) is 6.53. The first-order chi connectivity index (χ1) is 18.2. The summed E-state index contributed by atoms with van der Waals surface area (Å²) in [7, 11) is 0. The summed E-state index contributed by atoms with van der Waals surface area (Å²) >= 11 is 0. The molecule has 9 heteroatoms. The van der Waals surface area contributed by atoms with Crippen LogP contribution < -0.4 is 5.56 Å². The first kappa shape index (κ1) is 23.5. The molecular formula is C28H31N7O2. The van der Waals surface area contributed by atoms with Gasteiger partial charge in [0.2, 0.25) is 0 Å². The summed E-state index contributed by atoms with van der Waals surface area (Å²) < 4.78 is 3.70. The van der Waals surface area contributed by atoms with Crippen LogP contribution in [0.15, 0.2) is 59.4 Å². The van der Waals surface area contributed by atoms with Crippen molar-refractivity contribution in [1.82, 2.24) is 34.3 Å². The Morgan fingerprint density at radius 3 is 2.35 bits per heavy atom. The molecule has 0 bridgehead atoms. The summed E-state index contributed by atoms with van der Waals surface area (Å²) in [6, 6.07) is 17.0. The van der Waals surface area contributed by atoms with Crippen LogP contribution in [0.2, 0.25) is 0 Å².